The highest BCUT2D eigenvalue weighted by Gasteiger charge is 2.42. The molecular formula is C26H22ClN3O5. The molecule has 0 bridgehead atoms. The van der Waals surface area contributed by atoms with Gasteiger partial charge in [0.2, 0.25) is 11.8 Å². The van der Waals surface area contributed by atoms with Gasteiger partial charge in [0.25, 0.3) is 11.8 Å². The molecule has 1 saturated heterocycles. The molecule has 0 saturated carbocycles. The smallest absolute Gasteiger partial charge is 0.278 e. The average molecular weight is 492 g/mol. The fraction of sp³-hybridized carbons (Fsp3) is 0.192. The number of aryl methyl sites for hydroxylation is 1. The van der Waals surface area contributed by atoms with Crippen molar-refractivity contribution in [2.24, 2.45) is 0 Å². The van der Waals surface area contributed by atoms with Crippen LogP contribution < -0.4 is 10.6 Å². The van der Waals surface area contributed by atoms with Gasteiger partial charge in [-0.25, -0.2) is 0 Å². The second-order valence-electron chi connectivity index (χ2n) is 8.35. The van der Waals surface area contributed by atoms with Gasteiger partial charge >= 0.3 is 0 Å². The molecule has 0 radical (unpaired) electrons. The number of carbonyl (C=O) groups excluding carboxylic acids is 5. The second-order valence-corrected chi connectivity index (χ2v) is 8.76. The lowest BCUT2D eigenvalue weighted by molar-refractivity contribution is -0.149. The zero-order chi connectivity index (χ0) is 25.1. The molecule has 0 spiro atoms. The molecule has 8 nitrogen and oxygen atoms in total. The molecule has 2 aliphatic rings. The number of benzene rings is 2. The van der Waals surface area contributed by atoms with Crippen molar-refractivity contribution >= 4 is 52.8 Å². The zero-order valence-electron chi connectivity index (χ0n) is 18.8. The minimum atomic E-state index is -1.02. The highest BCUT2D eigenvalue weighted by molar-refractivity contribution is 6.31. The summed E-state index contributed by atoms with van der Waals surface area (Å²) in [4.78, 5) is 61.9. The van der Waals surface area contributed by atoms with Crippen molar-refractivity contribution in [1.82, 2.24) is 10.2 Å². The summed E-state index contributed by atoms with van der Waals surface area (Å²) in [5, 5.41) is 5.68. The Bertz CT molecular complexity index is 1310. The largest absolute Gasteiger partial charge is 0.351 e. The lowest BCUT2D eigenvalue weighted by Crippen LogP contribution is -2.54. The number of halogens is 1. The van der Waals surface area contributed by atoms with E-state index in [1.54, 1.807) is 36.4 Å². The second kappa shape index (κ2) is 10.1. The Balaban J connectivity index is 1.40. The first-order valence-electron chi connectivity index (χ1n) is 11.0. The summed E-state index contributed by atoms with van der Waals surface area (Å²) >= 11 is 6.12. The summed E-state index contributed by atoms with van der Waals surface area (Å²) in [5.41, 5.74) is 3.03. The molecule has 178 valence electrons. The number of amides is 4. The van der Waals surface area contributed by atoms with E-state index in [0.29, 0.717) is 16.3 Å². The van der Waals surface area contributed by atoms with E-state index < -0.39 is 29.7 Å². The predicted octanol–water partition coefficient (Wildman–Crippen LogP) is 2.94. The van der Waals surface area contributed by atoms with E-state index in [4.69, 9.17) is 11.6 Å². The molecule has 9 heteroatoms. The third kappa shape index (κ3) is 5.55. The first-order valence-corrected chi connectivity index (χ1v) is 11.3. The van der Waals surface area contributed by atoms with E-state index in [1.165, 1.54) is 6.08 Å². The summed E-state index contributed by atoms with van der Waals surface area (Å²) in [6, 6.07) is 11.5. The topological polar surface area (TPSA) is 113 Å². The Morgan fingerprint density at radius 1 is 1.17 bits per heavy atom. The third-order valence-electron chi connectivity index (χ3n) is 5.72. The van der Waals surface area contributed by atoms with Gasteiger partial charge in [0, 0.05) is 29.6 Å². The Morgan fingerprint density at radius 2 is 1.97 bits per heavy atom. The molecule has 0 aromatic heterocycles. The minimum Gasteiger partial charge on any atom is -0.351 e. The van der Waals surface area contributed by atoms with Crippen LogP contribution in [0.4, 0.5) is 5.69 Å². The number of rotatable bonds is 7. The molecular weight excluding hydrogens is 470 g/mol. The Labute approximate surface area is 206 Å². The van der Waals surface area contributed by atoms with Crippen LogP contribution in [0.5, 0.6) is 0 Å². The van der Waals surface area contributed by atoms with Crippen molar-refractivity contribution < 1.29 is 24.0 Å². The van der Waals surface area contributed by atoms with Gasteiger partial charge in [0.15, 0.2) is 5.78 Å². The van der Waals surface area contributed by atoms with Crippen LogP contribution in [-0.4, -0.2) is 40.4 Å². The van der Waals surface area contributed by atoms with Gasteiger partial charge in [-0.2, -0.15) is 0 Å². The predicted molar refractivity (Wildman–Crippen MR) is 130 cm³/mol. The maximum atomic E-state index is 12.8. The summed E-state index contributed by atoms with van der Waals surface area (Å²) in [5.74, 6) is -2.45. The van der Waals surface area contributed by atoms with Crippen LogP contribution in [0.1, 0.15) is 29.5 Å². The number of nitrogens with one attached hydrogen (secondary N) is 2. The number of ketones is 1. The molecule has 1 unspecified atom stereocenters. The molecule has 2 aromatic carbocycles. The van der Waals surface area contributed by atoms with Crippen molar-refractivity contribution in [1.29, 1.82) is 0 Å². The van der Waals surface area contributed by atoms with Gasteiger partial charge in [-0.15, -0.1) is 0 Å². The van der Waals surface area contributed by atoms with Gasteiger partial charge < -0.3 is 5.32 Å². The molecule has 2 heterocycles. The molecule has 2 aliphatic heterocycles. The van der Waals surface area contributed by atoms with Crippen molar-refractivity contribution in [3.05, 3.63) is 82.0 Å². The summed E-state index contributed by atoms with van der Waals surface area (Å²) in [6.07, 6.45) is 4.63. The third-order valence-corrected chi connectivity index (χ3v) is 6.13. The molecule has 0 aliphatic carbocycles. The monoisotopic (exact) mass is 491 g/mol. The van der Waals surface area contributed by atoms with E-state index in [1.807, 2.05) is 19.1 Å². The lowest BCUT2D eigenvalue weighted by atomic mass is 10.0. The lowest BCUT2D eigenvalue weighted by Gasteiger charge is -2.28. The van der Waals surface area contributed by atoms with Gasteiger partial charge in [0.05, 0.1) is 0 Å². The van der Waals surface area contributed by atoms with Crippen molar-refractivity contribution in [3.8, 4) is 0 Å². The summed E-state index contributed by atoms with van der Waals surface area (Å²) < 4.78 is 0. The maximum Gasteiger partial charge on any atom is 0.278 e. The van der Waals surface area contributed by atoms with E-state index >= 15 is 0 Å². The SMILES string of the molecule is Cc1ccc(CC(=O)/C=C/c2cccc(NC3=CC(=O)N(C4CCC(=O)NC4=O)C3=O)c2)cc1Cl. The summed E-state index contributed by atoms with van der Waals surface area (Å²) in [7, 11) is 0. The standard InChI is InChI=1S/C26H22ClN3O5/c1-15-5-6-17(13-20(15)27)12-19(31)8-7-16-3-2-4-18(11-16)28-21-14-24(33)30(26(21)35)22-9-10-23(32)29-25(22)34/h2-8,11,13-14,22,28H,9-10,12H2,1H3,(H,29,32,34)/b8-7+. The van der Waals surface area contributed by atoms with Crippen molar-refractivity contribution in [2.45, 2.75) is 32.2 Å². The highest BCUT2D eigenvalue weighted by Crippen LogP contribution is 2.23. The Morgan fingerprint density at radius 3 is 2.71 bits per heavy atom. The van der Waals surface area contributed by atoms with Crippen LogP contribution in [0, 0.1) is 6.92 Å². The first-order chi connectivity index (χ1) is 16.7. The number of nitrogens with zero attached hydrogens (tertiary/aromatic N) is 1. The number of anilines is 1. The van der Waals surface area contributed by atoms with E-state index in [-0.39, 0.29) is 30.7 Å². The molecule has 4 amide bonds. The zero-order valence-corrected chi connectivity index (χ0v) is 19.6. The number of imide groups is 2. The van der Waals surface area contributed by atoms with E-state index in [2.05, 4.69) is 10.6 Å². The fourth-order valence-corrected chi connectivity index (χ4v) is 4.07. The molecule has 1 atom stereocenters. The molecule has 2 N–H and O–H groups in total. The minimum absolute atomic E-state index is 0.0214. The molecule has 35 heavy (non-hydrogen) atoms. The van der Waals surface area contributed by atoms with Gasteiger partial charge in [-0.3, -0.25) is 34.2 Å². The van der Waals surface area contributed by atoms with Gasteiger partial charge in [0.1, 0.15) is 11.7 Å². The molecule has 2 aromatic rings. The van der Waals surface area contributed by atoms with Crippen molar-refractivity contribution in [3.63, 3.8) is 0 Å². The quantitative estimate of drug-likeness (QED) is 0.455. The Hall–Kier alpha value is -4.04. The van der Waals surface area contributed by atoms with Gasteiger partial charge in [-0.05, 0) is 54.3 Å². The van der Waals surface area contributed by atoms with E-state index in [0.717, 1.165) is 22.1 Å². The molecule has 1 fully saturated rings. The molecule has 4 rings (SSSR count). The fourth-order valence-electron chi connectivity index (χ4n) is 3.87. The van der Waals surface area contributed by atoms with Crippen LogP contribution >= 0.6 is 11.6 Å². The number of hydrogen-bond donors (Lipinski definition) is 2. The highest BCUT2D eigenvalue weighted by atomic mass is 35.5. The van der Waals surface area contributed by atoms with Crippen LogP contribution in [0.2, 0.25) is 5.02 Å². The Kier molecular flexibility index (Phi) is 6.93. The number of carbonyl (C=O) groups is 5. The van der Waals surface area contributed by atoms with Crippen molar-refractivity contribution in [2.75, 3.05) is 5.32 Å². The number of hydrogen-bond acceptors (Lipinski definition) is 6. The maximum absolute atomic E-state index is 12.8. The van der Waals surface area contributed by atoms with E-state index in [9.17, 15) is 24.0 Å². The normalized spacial score (nSPS) is 18.2. The van der Waals surface area contributed by atoms with Gasteiger partial charge in [-0.1, -0.05) is 41.9 Å². The van der Waals surface area contributed by atoms with Crippen LogP contribution in [0.15, 0.2) is 60.3 Å². The summed E-state index contributed by atoms with van der Waals surface area (Å²) in [6.45, 7) is 1.90. The van der Waals surface area contributed by atoms with Crippen LogP contribution in [-0.2, 0) is 30.4 Å². The van der Waals surface area contributed by atoms with Crippen LogP contribution in [0.25, 0.3) is 6.08 Å². The number of piperidine rings is 1. The average Bonchev–Trinajstić information content (AvgIpc) is 3.08. The number of allylic oxidation sites excluding steroid dienone is 1. The first kappa shape index (κ1) is 24.1. The van der Waals surface area contributed by atoms with Crippen LogP contribution in [0.3, 0.4) is 0 Å².